The Morgan fingerprint density at radius 1 is 1.27 bits per heavy atom. The molecule has 0 saturated heterocycles. The second-order valence-corrected chi connectivity index (χ2v) is 5.65. The molecule has 1 aromatic carbocycles. The number of hydrogen-bond acceptors (Lipinski definition) is 3. The first-order valence-corrected chi connectivity index (χ1v) is 7.22. The van der Waals surface area contributed by atoms with Gasteiger partial charge in [-0.1, -0.05) is 30.1 Å². The summed E-state index contributed by atoms with van der Waals surface area (Å²) < 4.78 is 0. The lowest BCUT2D eigenvalue weighted by Gasteiger charge is -2.09. The molecule has 0 aliphatic carbocycles. The number of aromatic amines is 1. The molecule has 0 radical (unpaired) electrons. The largest absolute Gasteiger partial charge is 0.319 e. The number of H-pyrrole nitrogens is 1. The molecule has 0 spiro atoms. The molecule has 0 fully saturated rings. The summed E-state index contributed by atoms with van der Waals surface area (Å²) >= 11 is 11.9. The highest BCUT2D eigenvalue weighted by Crippen LogP contribution is 2.27. The summed E-state index contributed by atoms with van der Waals surface area (Å²) in [6.45, 7) is 2.45. The third-order valence-electron chi connectivity index (χ3n) is 2.96. The Balaban J connectivity index is 0.00000242. The summed E-state index contributed by atoms with van der Waals surface area (Å²) in [6, 6.07) is 6.95. The zero-order valence-corrected chi connectivity index (χ0v) is 14.4. The second-order valence-electron chi connectivity index (χ2n) is 4.77. The van der Waals surface area contributed by atoms with Crippen molar-refractivity contribution in [1.82, 2.24) is 15.5 Å². The molecule has 8 heteroatoms. The summed E-state index contributed by atoms with van der Waals surface area (Å²) in [5.74, 6) is 0.233. The minimum atomic E-state index is -0.143. The molecule has 1 aromatic heterocycles. The highest BCUT2D eigenvalue weighted by Gasteiger charge is 2.14. The van der Waals surface area contributed by atoms with Gasteiger partial charge in [0.15, 0.2) is 5.82 Å². The molecule has 1 atom stereocenters. The van der Waals surface area contributed by atoms with E-state index < -0.39 is 0 Å². The number of hydrogen-bond donors (Lipinski definition) is 3. The minimum Gasteiger partial charge on any atom is -0.319 e. The van der Waals surface area contributed by atoms with Crippen LogP contribution in [-0.4, -0.2) is 29.7 Å². The Morgan fingerprint density at radius 2 is 1.91 bits per heavy atom. The van der Waals surface area contributed by atoms with Crippen LogP contribution in [0.3, 0.4) is 0 Å². The van der Waals surface area contributed by atoms with Crippen molar-refractivity contribution in [2.45, 2.75) is 6.92 Å². The average Bonchev–Trinajstić information content (AvgIpc) is 2.86. The number of carbonyl (C=O) groups excluding carboxylic acids is 1. The van der Waals surface area contributed by atoms with Gasteiger partial charge < -0.3 is 10.6 Å². The van der Waals surface area contributed by atoms with E-state index >= 15 is 0 Å². The van der Waals surface area contributed by atoms with Gasteiger partial charge in [-0.05, 0) is 25.2 Å². The van der Waals surface area contributed by atoms with Crippen molar-refractivity contribution in [3.8, 4) is 11.3 Å². The van der Waals surface area contributed by atoms with E-state index in [2.05, 4.69) is 20.8 Å². The van der Waals surface area contributed by atoms with Crippen molar-refractivity contribution < 1.29 is 4.79 Å². The maximum absolute atomic E-state index is 11.9. The van der Waals surface area contributed by atoms with Gasteiger partial charge in [-0.2, -0.15) is 5.10 Å². The Morgan fingerprint density at radius 3 is 2.50 bits per heavy atom. The Hall–Kier alpha value is -1.27. The van der Waals surface area contributed by atoms with Crippen LogP contribution in [-0.2, 0) is 4.79 Å². The molecule has 22 heavy (non-hydrogen) atoms. The van der Waals surface area contributed by atoms with Gasteiger partial charge in [0.2, 0.25) is 5.91 Å². The van der Waals surface area contributed by atoms with Gasteiger partial charge in [0.1, 0.15) is 0 Å². The van der Waals surface area contributed by atoms with Crippen LogP contribution in [0.15, 0.2) is 24.3 Å². The van der Waals surface area contributed by atoms with Gasteiger partial charge in [-0.3, -0.25) is 9.89 Å². The number of anilines is 1. The summed E-state index contributed by atoms with van der Waals surface area (Å²) in [5, 5.41) is 13.7. The Kier molecular flexibility index (Phi) is 7.16. The maximum atomic E-state index is 11.9. The Labute approximate surface area is 145 Å². The first kappa shape index (κ1) is 18.8. The second kappa shape index (κ2) is 8.39. The first-order chi connectivity index (χ1) is 9.99. The van der Waals surface area contributed by atoms with Crippen LogP contribution >= 0.6 is 35.6 Å². The number of aromatic nitrogens is 2. The SMILES string of the molecule is CNCC(C)C(=O)Nc1cc(-c2cc(Cl)cc(Cl)c2)[nH]n1.Cl. The molecule has 5 nitrogen and oxygen atoms in total. The number of nitrogens with zero attached hydrogens (tertiary/aromatic N) is 1. The smallest absolute Gasteiger partial charge is 0.229 e. The van der Waals surface area contributed by atoms with Crippen molar-refractivity contribution in [3.63, 3.8) is 0 Å². The lowest BCUT2D eigenvalue weighted by atomic mass is 10.1. The van der Waals surface area contributed by atoms with Gasteiger partial charge in [-0.25, -0.2) is 0 Å². The summed E-state index contributed by atoms with van der Waals surface area (Å²) in [7, 11) is 1.80. The zero-order valence-electron chi connectivity index (χ0n) is 12.1. The molecule has 0 aliphatic rings. The van der Waals surface area contributed by atoms with Gasteiger partial charge in [-0.15, -0.1) is 12.4 Å². The molecular formula is C14H17Cl3N4O. The van der Waals surface area contributed by atoms with E-state index in [9.17, 15) is 4.79 Å². The van der Waals surface area contributed by atoms with Crippen LogP contribution in [0.4, 0.5) is 5.82 Å². The fraction of sp³-hybridized carbons (Fsp3) is 0.286. The van der Waals surface area contributed by atoms with E-state index in [4.69, 9.17) is 23.2 Å². The van der Waals surface area contributed by atoms with E-state index in [-0.39, 0.29) is 24.2 Å². The van der Waals surface area contributed by atoms with Gasteiger partial charge >= 0.3 is 0 Å². The van der Waals surface area contributed by atoms with E-state index in [1.54, 1.807) is 31.3 Å². The molecule has 2 aromatic rings. The van der Waals surface area contributed by atoms with Crippen LogP contribution in [0.1, 0.15) is 6.92 Å². The average molecular weight is 364 g/mol. The van der Waals surface area contributed by atoms with Gasteiger partial charge in [0.25, 0.3) is 0 Å². The quantitative estimate of drug-likeness (QED) is 0.760. The minimum absolute atomic E-state index is 0. The highest BCUT2D eigenvalue weighted by molar-refractivity contribution is 6.35. The predicted molar refractivity (Wildman–Crippen MR) is 93.0 cm³/mol. The predicted octanol–water partition coefficient (Wildman–Crippen LogP) is 3.60. The third-order valence-corrected chi connectivity index (χ3v) is 3.40. The topological polar surface area (TPSA) is 69.8 Å². The Bertz CT molecular complexity index is 625. The number of nitrogens with one attached hydrogen (secondary N) is 3. The molecule has 0 bridgehead atoms. The highest BCUT2D eigenvalue weighted by atomic mass is 35.5. The van der Waals surface area contributed by atoms with Crippen LogP contribution < -0.4 is 10.6 Å². The molecule has 120 valence electrons. The van der Waals surface area contributed by atoms with Crippen molar-refractivity contribution in [2.75, 3.05) is 18.9 Å². The van der Waals surface area contributed by atoms with E-state index in [1.807, 2.05) is 6.92 Å². The van der Waals surface area contributed by atoms with Crippen molar-refractivity contribution in [1.29, 1.82) is 0 Å². The fourth-order valence-electron chi connectivity index (χ4n) is 1.89. The van der Waals surface area contributed by atoms with E-state index in [1.165, 1.54) is 0 Å². The molecular weight excluding hydrogens is 347 g/mol. The van der Waals surface area contributed by atoms with Crippen LogP contribution in [0, 0.1) is 5.92 Å². The van der Waals surface area contributed by atoms with Crippen LogP contribution in [0.5, 0.6) is 0 Å². The van der Waals surface area contributed by atoms with Crippen molar-refractivity contribution in [2.24, 2.45) is 5.92 Å². The third kappa shape index (κ3) is 4.88. The zero-order chi connectivity index (χ0) is 15.4. The lowest BCUT2D eigenvalue weighted by Crippen LogP contribution is -2.28. The van der Waals surface area contributed by atoms with Crippen molar-refractivity contribution >= 4 is 47.3 Å². The van der Waals surface area contributed by atoms with Gasteiger partial charge in [0, 0.05) is 34.1 Å². The standard InChI is InChI=1S/C14H16Cl2N4O.ClH/c1-8(7-17-2)14(21)18-13-6-12(19-20-13)9-3-10(15)5-11(16)4-9;/h3-6,8,17H,7H2,1-2H3,(H2,18,19,20,21);1H. The normalized spacial score (nSPS) is 11.6. The first-order valence-electron chi connectivity index (χ1n) is 6.47. The fourth-order valence-corrected chi connectivity index (χ4v) is 2.42. The van der Waals surface area contributed by atoms with Crippen LogP contribution in [0.2, 0.25) is 10.0 Å². The van der Waals surface area contributed by atoms with E-state index in [0.717, 1.165) is 11.3 Å². The molecule has 3 N–H and O–H groups in total. The van der Waals surface area contributed by atoms with Crippen LogP contribution in [0.25, 0.3) is 11.3 Å². The monoisotopic (exact) mass is 362 g/mol. The molecule has 1 unspecified atom stereocenters. The molecule has 1 amide bonds. The molecule has 0 aliphatic heterocycles. The molecule has 1 heterocycles. The van der Waals surface area contributed by atoms with E-state index in [0.29, 0.717) is 22.4 Å². The summed E-state index contributed by atoms with van der Waals surface area (Å²) in [4.78, 5) is 11.9. The molecule has 2 rings (SSSR count). The number of benzene rings is 1. The number of carbonyl (C=O) groups is 1. The molecule has 0 saturated carbocycles. The summed E-state index contributed by atoms with van der Waals surface area (Å²) in [5.41, 5.74) is 1.54. The number of halogens is 3. The number of rotatable bonds is 5. The summed E-state index contributed by atoms with van der Waals surface area (Å²) in [6.07, 6.45) is 0. The van der Waals surface area contributed by atoms with Crippen molar-refractivity contribution in [3.05, 3.63) is 34.3 Å². The maximum Gasteiger partial charge on any atom is 0.229 e. The van der Waals surface area contributed by atoms with Gasteiger partial charge in [0.05, 0.1) is 5.69 Å². The lowest BCUT2D eigenvalue weighted by molar-refractivity contribution is -0.119. The number of amides is 1.